The summed E-state index contributed by atoms with van der Waals surface area (Å²) in [6, 6.07) is 8.30. The SMILES string of the molecule is CSc1ncc(C=O)c(Nc2ccc(CN3CCN(C)CC3)cc2)n1. The third-order valence-electron chi connectivity index (χ3n) is 4.32. The molecule has 0 radical (unpaired) electrons. The molecule has 0 atom stereocenters. The third kappa shape index (κ3) is 4.78. The van der Waals surface area contributed by atoms with E-state index in [1.54, 1.807) is 6.20 Å². The van der Waals surface area contributed by atoms with Crippen LogP contribution in [0.25, 0.3) is 0 Å². The molecule has 2 aromatic rings. The number of nitrogens with one attached hydrogen (secondary N) is 1. The highest BCUT2D eigenvalue weighted by Crippen LogP contribution is 2.21. The molecule has 0 amide bonds. The first-order chi connectivity index (χ1) is 12.2. The first-order valence-electron chi connectivity index (χ1n) is 8.31. The topological polar surface area (TPSA) is 61.4 Å². The zero-order valence-electron chi connectivity index (χ0n) is 14.6. The van der Waals surface area contributed by atoms with Gasteiger partial charge >= 0.3 is 0 Å². The third-order valence-corrected chi connectivity index (χ3v) is 4.89. The van der Waals surface area contributed by atoms with E-state index in [0.717, 1.165) is 44.7 Å². The van der Waals surface area contributed by atoms with Crippen LogP contribution in [0.3, 0.4) is 0 Å². The fourth-order valence-electron chi connectivity index (χ4n) is 2.75. The molecule has 1 N–H and O–H groups in total. The highest BCUT2D eigenvalue weighted by molar-refractivity contribution is 7.98. The van der Waals surface area contributed by atoms with Crippen LogP contribution in [0.2, 0.25) is 0 Å². The molecule has 0 spiro atoms. The summed E-state index contributed by atoms with van der Waals surface area (Å²) in [5.41, 5.74) is 2.66. The summed E-state index contributed by atoms with van der Waals surface area (Å²) in [6.45, 7) is 5.44. The van der Waals surface area contributed by atoms with E-state index in [2.05, 4.69) is 44.3 Å². The molecule has 25 heavy (non-hydrogen) atoms. The number of carbonyl (C=O) groups is 1. The predicted molar refractivity (Wildman–Crippen MR) is 102 cm³/mol. The highest BCUT2D eigenvalue weighted by atomic mass is 32.2. The lowest BCUT2D eigenvalue weighted by Crippen LogP contribution is -2.43. The molecule has 0 saturated carbocycles. The molecule has 3 rings (SSSR count). The van der Waals surface area contributed by atoms with E-state index in [4.69, 9.17) is 0 Å². The monoisotopic (exact) mass is 357 g/mol. The Morgan fingerprint density at radius 3 is 2.56 bits per heavy atom. The first-order valence-corrected chi connectivity index (χ1v) is 9.53. The number of benzene rings is 1. The van der Waals surface area contributed by atoms with E-state index in [9.17, 15) is 4.79 Å². The smallest absolute Gasteiger partial charge is 0.189 e. The Morgan fingerprint density at radius 1 is 1.20 bits per heavy atom. The molecule has 7 heteroatoms. The lowest BCUT2D eigenvalue weighted by Gasteiger charge is -2.32. The molecular weight excluding hydrogens is 334 g/mol. The largest absolute Gasteiger partial charge is 0.340 e. The van der Waals surface area contributed by atoms with Gasteiger partial charge in [0, 0.05) is 44.6 Å². The maximum atomic E-state index is 11.2. The fraction of sp³-hybridized carbons (Fsp3) is 0.389. The maximum absolute atomic E-state index is 11.2. The Labute approximate surface area is 152 Å². The quantitative estimate of drug-likeness (QED) is 0.484. The first kappa shape index (κ1) is 17.8. The number of aromatic nitrogens is 2. The number of nitrogens with zero attached hydrogens (tertiary/aromatic N) is 4. The summed E-state index contributed by atoms with van der Waals surface area (Å²) >= 11 is 1.45. The molecule has 0 bridgehead atoms. The fourth-order valence-corrected chi connectivity index (χ4v) is 3.09. The Bertz CT molecular complexity index is 714. The van der Waals surface area contributed by atoms with Crippen molar-refractivity contribution in [3.63, 3.8) is 0 Å². The Hall–Kier alpha value is -1.96. The number of aldehydes is 1. The van der Waals surface area contributed by atoms with Crippen LogP contribution in [-0.2, 0) is 6.54 Å². The van der Waals surface area contributed by atoms with Gasteiger partial charge in [0.25, 0.3) is 0 Å². The van der Waals surface area contributed by atoms with Crippen LogP contribution in [-0.4, -0.2) is 65.5 Å². The number of rotatable bonds is 6. The van der Waals surface area contributed by atoms with Gasteiger partial charge in [-0.15, -0.1) is 0 Å². The van der Waals surface area contributed by atoms with Gasteiger partial charge in [-0.2, -0.15) is 0 Å². The summed E-state index contributed by atoms with van der Waals surface area (Å²) in [7, 11) is 2.17. The Balaban J connectivity index is 1.65. The van der Waals surface area contributed by atoms with Crippen molar-refractivity contribution in [3.05, 3.63) is 41.6 Å². The number of likely N-dealkylation sites (N-methyl/N-ethyl adjacent to an activating group) is 1. The van der Waals surface area contributed by atoms with E-state index in [1.165, 1.54) is 17.3 Å². The Morgan fingerprint density at radius 2 is 1.92 bits per heavy atom. The molecule has 1 aromatic heterocycles. The van der Waals surface area contributed by atoms with E-state index in [0.29, 0.717) is 16.5 Å². The zero-order chi connectivity index (χ0) is 17.6. The van der Waals surface area contributed by atoms with E-state index >= 15 is 0 Å². The van der Waals surface area contributed by atoms with Crippen molar-refractivity contribution < 1.29 is 4.79 Å². The summed E-state index contributed by atoms with van der Waals surface area (Å²) in [4.78, 5) is 24.5. The minimum absolute atomic E-state index is 0.458. The lowest BCUT2D eigenvalue weighted by molar-refractivity contribution is 0.112. The highest BCUT2D eigenvalue weighted by Gasteiger charge is 2.13. The predicted octanol–water partition coefficient (Wildman–Crippen LogP) is 2.50. The van der Waals surface area contributed by atoms with Crippen molar-refractivity contribution in [1.82, 2.24) is 19.8 Å². The second kappa shape index (κ2) is 8.42. The number of anilines is 2. The van der Waals surface area contributed by atoms with Crippen molar-refractivity contribution in [2.45, 2.75) is 11.7 Å². The van der Waals surface area contributed by atoms with Gasteiger partial charge in [-0.1, -0.05) is 23.9 Å². The molecule has 1 aliphatic rings. The van der Waals surface area contributed by atoms with Gasteiger partial charge < -0.3 is 10.2 Å². The second-order valence-corrected chi connectivity index (χ2v) is 6.95. The molecule has 1 saturated heterocycles. The summed E-state index contributed by atoms with van der Waals surface area (Å²) < 4.78 is 0. The molecule has 132 valence electrons. The molecule has 1 fully saturated rings. The van der Waals surface area contributed by atoms with Gasteiger partial charge in [0.1, 0.15) is 5.82 Å². The molecular formula is C18H23N5OS. The molecule has 1 aromatic carbocycles. The summed E-state index contributed by atoms with van der Waals surface area (Å²) in [6.07, 6.45) is 4.23. The van der Waals surface area contributed by atoms with Crippen LogP contribution in [0, 0.1) is 0 Å². The molecule has 0 unspecified atom stereocenters. The van der Waals surface area contributed by atoms with Crippen molar-refractivity contribution >= 4 is 29.6 Å². The molecule has 0 aliphatic carbocycles. The van der Waals surface area contributed by atoms with Gasteiger partial charge in [-0.3, -0.25) is 9.69 Å². The van der Waals surface area contributed by atoms with Gasteiger partial charge in [-0.25, -0.2) is 9.97 Å². The van der Waals surface area contributed by atoms with Crippen LogP contribution in [0.5, 0.6) is 0 Å². The molecule has 2 heterocycles. The van der Waals surface area contributed by atoms with Crippen LogP contribution >= 0.6 is 11.8 Å². The van der Waals surface area contributed by atoms with E-state index in [1.807, 2.05) is 18.4 Å². The molecule has 1 aliphatic heterocycles. The average molecular weight is 357 g/mol. The minimum atomic E-state index is 0.458. The average Bonchev–Trinajstić information content (AvgIpc) is 2.65. The summed E-state index contributed by atoms with van der Waals surface area (Å²) in [5, 5.41) is 3.86. The van der Waals surface area contributed by atoms with E-state index < -0.39 is 0 Å². The lowest BCUT2D eigenvalue weighted by atomic mass is 10.1. The van der Waals surface area contributed by atoms with Gasteiger partial charge in [0.05, 0.1) is 5.56 Å². The molecule has 6 nitrogen and oxygen atoms in total. The van der Waals surface area contributed by atoms with Crippen molar-refractivity contribution in [2.75, 3.05) is 44.8 Å². The van der Waals surface area contributed by atoms with Crippen LogP contribution < -0.4 is 5.32 Å². The van der Waals surface area contributed by atoms with Crippen molar-refractivity contribution in [1.29, 1.82) is 0 Å². The number of hydrogen-bond acceptors (Lipinski definition) is 7. The number of piperazine rings is 1. The van der Waals surface area contributed by atoms with Gasteiger partial charge in [-0.05, 0) is 31.0 Å². The van der Waals surface area contributed by atoms with Crippen LogP contribution in [0.1, 0.15) is 15.9 Å². The van der Waals surface area contributed by atoms with Crippen molar-refractivity contribution in [3.8, 4) is 0 Å². The van der Waals surface area contributed by atoms with Gasteiger partial charge in [0.15, 0.2) is 11.4 Å². The Kier molecular flexibility index (Phi) is 6.01. The number of carbonyl (C=O) groups excluding carboxylic acids is 1. The van der Waals surface area contributed by atoms with E-state index in [-0.39, 0.29) is 0 Å². The van der Waals surface area contributed by atoms with Crippen molar-refractivity contribution in [2.24, 2.45) is 0 Å². The minimum Gasteiger partial charge on any atom is -0.340 e. The van der Waals surface area contributed by atoms with Gasteiger partial charge in [0.2, 0.25) is 0 Å². The van der Waals surface area contributed by atoms with Crippen LogP contribution in [0.15, 0.2) is 35.6 Å². The number of hydrogen-bond donors (Lipinski definition) is 1. The zero-order valence-corrected chi connectivity index (χ0v) is 15.4. The van der Waals surface area contributed by atoms with Crippen LogP contribution in [0.4, 0.5) is 11.5 Å². The second-order valence-electron chi connectivity index (χ2n) is 6.18. The number of thioether (sulfide) groups is 1. The maximum Gasteiger partial charge on any atom is 0.189 e. The standard InChI is InChI=1S/C18H23N5OS/c1-22-7-9-23(10-8-22)12-14-3-5-16(6-4-14)20-17-15(13-24)11-19-18(21-17)25-2/h3-6,11,13H,7-10,12H2,1-2H3,(H,19,20,21). The normalized spacial score (nSPS) is 15.9. The summed E-state index contributed by atoms with van der Waals surface area (Å²) in [5.74, 6) is 0.543.